The van der Waals surface area contributed by atoms with Crippen LogP contribution >= 0.6 is 0 Å². The van der Waals surface area contributed by atoms with Gasteiger partial charge < -0.3 is 34.5 Å². The molecule has 0 radical (unpaired) electrons. The molecule has 1 saturated heterocycles. The van der Waals surface area contributed by atoms with Gasteiger partial charge in [-0.15, -0.1) is 0 Å². The van der Waals surface area contributed by atoms with Crippen molar-refractivity contribution in [3.8, 4) is 5.75 Å². The molecule has 3 heterocycles. The zero-order valence-electron chi connectivity index (χ0n) is 29.3. The number of hydrogen-bond acceptors (Lipinski definition) is 8. The van der Waals surface area contributed by atoms with Gasteiger partial charge in [0.05, 0.1) is 26.9 Å². The van der Waals surface area contributed by atoms with E-state index >= 15 is 0 Å². The van der Waals surface area contributed by atoms with Crippen LogP contribution in [-0.2, 0) is 34.2 Å². The van der Waals surface area contributed by atoms with E-state index in [0.717, 1.165) is 59.8 Å². The highest BCUT2D eigenvalue weighted by Crippen LogP contribution is 2.47. The third-order valence-electron chi connectivity index (χ3n) is 10.6. The lowest BCUT2D eigenvalue weighted by atomic mass is 9.88. The van der Waals surface area contributed by atoms with Gasteiger partial charge in [0.25, 0.3) is 0 Å². The Labute approximate surface area is 293 Å². The monoisotopic (exact) mass is 687 g/mol. The van der Waals surface area contributed by atoms with E-state index in [4.69, 9.17) is 18.9 Å². The maximum absolute atomic E-state index is 14.6. The molecule has 5 atom stereocenters. The van der Waals surface area contributed by atoms with Gasteiger partial charge in [0.15, 0.2) is 0 Å². The van der Waals surface area contributed by atoms with Crippen molar-refractivity contribution in [3.63, 3.8) is 0 Å². The number of benzene rings is 2. The van der Waals surface area contributed by atoms with E-state index in [9.17, 15) is 19.2 Å². The van der Waals surface area contributed by atoms with Crippen LogP contribution in [0, 0.1) is 5.92 Å². The molecule has 11 heteroatoms. The average molecular weight is 688 g/mol. The Kier molecular flexibility index (Phi) is 10.8. The van der Waals surface area contributed by atoms with Gasteiger partial charge in [0.1, 0.15) is 29.0 Å². The quantitative estimate of drug-likeness (QED) is 0.317. The third-order valence-corrected chi connectivity index (χ3v) is 10.6. The lowest BCUT2D eigenvalue weighted by molar-refractivity contribution is -0.150. The van der Waals surface area contributed by atoms with Gasteiger partial charge in [0, 0.05) is 25.0 Å². The standard InChI is InChI=1S/C39H49N3O8/c1-4-49-36(45)39-23-30(39)15-11-6-5-7-12-16-31-35(44)42-25-38(48-3,24-32(42)34(43)41-39)29-18-17-26-22-33(47-2)27(20-28(26)21-29)14-10-8-9-13-19-50-37(46)40-31/h10-11,14-15,17-18,20-22,30-32H,4-9,12-13,16,19,23-25H2,1-3H3,(H,40,46)(H,41,43)/t30-,31+,32+,38+,39-/m1/s1. The summed E-state index contributed by atoms with van der Waals surface area (Å²) in [5.41, 5.74) is -0.522. The van der Waals surface area contributed by atoms with E-state index in [-0.39, 0.29) is 38.0 Å². The van der Waals surface area contributed by atoms with Crippen LogP contribution in [0.1, 0.15) is 82.3 Å². The predicted molar refractivity (Wildman–Crippen MR) is 188 cm³/mol. The maximum atomic E-state index is 14.6. The molecule has 2 N–H and O–H groups in total. The molecule has 3 aliphatic heterocycles. The van der Waals surface area contributed by atoms with E-state index in [2.05, 4.69) is 28.9 Å². The fourth-order valence-corrected chi connectivity index (χ4v) is 7.64. The van der Waals surface area contributed by atoms with Crippen LogP contribution in [0.4, 0.5) is 4.79 Å². The highest BCUT2D eigenvalue weighted by molar-refractivity contribution is 5.97. The van der Waals surface area contributed by atoms with Crippen LogP contribution in [0.3, 0.4) is 0 Å². The summed E-state index contributed by atoms with van der Waals surface area (Å²) >= 11 is 0. The highest BCUT2D eigenvalue weighted by atomic mass is 16.5. The Hall–Kier alpha value is -4.38. The lowest BCUT2D eigenvalue weighted by Crippen LogP contribution is -2.56. The van der Waals surface area contributed by atoms with Crippen molar-refractivity contribution in [2.45, 2.75) is 94.4 Å². The third kappa shape index (κ3) is 7.24. The van der Waals surface area contributed by atoms with Crippen molar-refractivity contribution in [2.75, 3.05) is 34.0 Å². The summed E-state index contributed by atoms with van der Waals surface area (Å²) in [6.45, 7) is 2.20. The van der Waals surface area contributed by atoms with Gasteiger partial charge in [-0.25, -0.2) is 9.59 Å². The van der Waals surface area contributed by atoms with Crippen molar-refractivity contribution in [1.82, 2.24) is 15.5 Å². The summed E-state index contributed by atoms with van der Waals surface area (Å²) in [5.74, 6) is -0.784. The van der Waals surface area contributed by atoms with Crippen molar-refractivity contribution in [1.29, 1.82) is 0 Å². The molecule has 11 nitrogen and oxygen atoms in total. The smallest absolute Gasteiger partial charge is 0.407 e. The van der Waals surface area contributed by atoms with Gasteiger partial charge >= 0.3 is 12.1 Å². The first kappa shape index (κ1) is 35.4. The second-order valence-electron chi connectivity index (χ2n) is 13.8. The number of esters is 1. The predicted octanol–water partition coefficient (Wildman–Crippen LogP) is 5.54. The van der Waals surface area contributed by atoms with Crippen LogP contribution in [0.2, 0.25) is 0 Å². The molecule has 50 heavy (non-hydrogen) atoms. The molecular formula is C39H49N3O8. The number of alkyl carbamates (subject to hydrolysis) is 1. The molecule has 6 rings (SSSR count). The molecule has 268 valence electrons. The number of allylic oxidation sites excluding steroid dienone is 2. The van der Waals surface area contributed by atoms with E-state index in [1.165, 1.54) is 4.90 Å². The summed E-state index contributed by atoms with van der Waals surface area (Å²) in [6, 6.07) is 8.20. The van der Waals surface area contributed by atoms with Crippen LogP contribution in [0.25, 0.3) is 16.8 Å². The molecular weight excluding hydrogens is 638 g/mol. The molecule has 4 aliphatic rings. The Morgan fingerprint density at radius 2 is 1.80 bits per heavy atom. The number of cyclic esters (lactones) is 1. The van der Waals surface area contributed by atoms with Crippen molar-refractivity contribution < 1.29 is 38.1 Å². The molecule has 6 bridgehead atoms. The summed E-state index contributed by atoms with van der Waals surface area (Å²) in [5, 5.41) is 7.80. The second-order valence-corrected chi connectivity index (χ2v) is 13.8. The molecule has 2 aromatic rings. The Bertz CT molecular complexity index is 1670. The van der Waals surface area contributed by atoms with Crippen molar-refractivity contribution in [3.05, 3.63) is 59.7 Å². The Morgan fingerprint density at radius 3 is 2.60 bits per heavy atom. The summed E-state index contributed by atoms with van der Waals surface area (Å²) < 4.78 is 23.0. The van der Waals surface area contributed by atoms with Gasteiger partial charge in [-0.05, 0) is 86.4 Å². The molecule has 3 amide bonds. The fourth-order valence-electron chi connectivity index (χ4n) is 7.64. The Morgan fingerprint density at radius 1 is 0.980 bits per heavy atom. The number of methoxy groups -OCH3 is 2. The van der Waals surface area contributed by atoms with Crippen molar-refractivity contribution >= 4 is 40.7 Å². The number of amides is 3. The highest BCUT2D eigenvalue weighted by Gasteiger charge is 2.63. The first-order valence-electron chi connectivity index (χ1n) is 18.0. The number of ether oxygens (including phenoxy) is 4. The van der Waals surface area contributed by atoms with Crippen molar-refractivity contribution in [2.24, 2.45) is 5.92 Å². The minimum absolute atomic E-state index is 0.0673. The lowest BCUT2D eigenvalue weighted by Gasteiger charge is -2.31. The van der Waals surface area contributed by atoms with E-state index in [1.54, 1.807) is 21.1 Å². The summed E-state index contributed by atoms with van der Waals surface area (Å²) in [6.07, 6.45) is 14.0. The maximum Gasteiger partial charge on any atom is 0.407 e. The minimum Gasteiger partial charge on any atom is -0.496 e. The number of fused-ring (bicyclic) bond motifs is 6. The van der Waals surface area contributed by atoms with E-state index < -0.39 is 41.2 Å². The minimum atomic E-state index is -1.20. The van der Waals surface area contributed by atoms with Gasteiger partial charge in [-0.1, -0.05) is 49.3 Å². The van der Waals surface area contributed by atoms with E-state index in [1.807, 2.05) is 36.4 Å². The molecule has 2 aromatic carbocycles. The SMILES string of the molecule is CCOC(=O)[C@@]12C[C@H]1C=CCCCCC[C@@H]1NC(=O)OCCCCC=Cc3cc4cc(ccc4cc3OC)[C@]3(OC)C[C@@H](C(=O)N2)N(C3)C1=O. The van der Waals surface area contributed by atoms with Gasteiger partial charge in [-0.3, -0.25) is 9.59 Å². The topological polar surface area (TPSA) is 132 Å². The molecule has 0 unspecified atom stereocenters. The van der Waals surface area contributed by atoms with Gasteiger partial charge in [-0.2, -0.15) is 0 Å². The average Bonchev–Trinajstić information content (AvgIpc) is 3.66. The van der Waals surface area contributed by atoms with Gasteiger partial charge in [0.2, 0.25) is 11.8 Å². The fraction of sp³-hybridized carbons (Fsp3) is 0.538. The largest absolute Gasteiger partial charge is 0.496 e. The van der Waals surface area contributed by atoms with Crippen LogP contribution < -0.4 is 15.4 Å². The molecule has 0 spiro atoms. The first-order chi connectivity index (χ1) is 24.2. The number of hydrogen-bond donors (Lipinski definition) is 2. The number of carbonyl (C=O) groups excluding carboxylic acids is 4. The summed E-state index contributed by atoms with van der Waals surface area (Å²) in [7, 11) is 3.24. The normalized spacial score (nSPS) is 29.1. The number of carbonyl (C=O) groups is 4. The number of nitrogens with one attached hydrogen (secondary N) is 2. The summed E-state index contributed by atoms with van der Waals surface area (Å²) in [4.78, 5) is 56.9. The second kappa shape index (κ2) is 15.2. The van der Waals surface area contributed by atoms with Crippen LogP contribution in [-0.4, -0.2) is 80.4 Å². The molecule has 2 fully saturated rings. The molecule has 1 aliphatic carbocycles. The molecule has 0 aromatic heterocycles. The first-order valence-corrected chi connectivity index (χ1v) is 18.0. The number of rotatable bonds is 4. The Balaban J connectivity index is 1.44. The van der Waals surface area contributed by atoms with Crippen LogP contribution in [0.5, 0.6) is 5.75 Å². The zero-order valence-corrected chi connectivity index (χ0v) is 29.3. The molecule has 1 saturated carbocycles. The number of nitrogens with zero attached hydrogens (tertiary/aromatic N) is 1. The van der Waals surface area contributed by atoms with E-state index in [0.29, 0.717) is 25.7 Å². The van der Waals surface area contributed by atoms with Crippen LogP contribution in [0.15, 0.2) is 48.6 Å². The zero-order chi connectivity index (χ0) is 35.3.